The zero-order valence-corrected chi connectivity index (χ0v) is 14.6. The molecule has 1 aliphatic heterocycles. The van der Waals surface area contributed by atoms with Crippen molar-refractivity contribution in [3.63, 3.8) is 0 Å². The Hall–Kier alpha value is -2.55. The van der Waals surface area contributed by atoms with E-state index in [4.69, 9.17) is 5.11 Å². The second-order valence-electron chi connectivity index (χ2n) is 7.40. The minimum Gasteiger partial charge on any atom is -0.478 e. The van der Waals surface area contributed by atoms with Gasteiger partial charge in [-0.1, -0.05) is 50.3 Å². The molecule has 2 aliphatic rings. The van der Waals surface area contributed by atoms with Crippen molar-refractivity contribution in [2.75, 3.05) is 5.32 Å². The third kappa shape index (κ3) is 2.74. The number of hydrogen-bond donors (Lipinski definition) is 2. The Balaban J connectivity index is 1.71. The van der Waals surface area contributed by atoms with Crippen molar-refractivity contribution >= 4 is 11.7 Å². The first-order valence-electron chi connectivity index (χ1n) is 8.95. The summed E-state index contributed by atoms with van der Waals surface area (Å²) in [5.41, 5.74) is 5.46. The molecule has 0 fully saturated rings. The van der Waals surface area contributed by atoms with Gasteiger partial charge in [0.1, 0.15) is 0 Å². The molecule has 0 bridgehead atoms. The van der Waals surface area contributed by atoms with Crippen LogP contribution in [-0.4, -0.2) is 11.1 Å². The van der Waals surface area contributed by atoms with Crippen LogP contribution in [0.2, 0.25) is 0 Å². The summed E-state index contributed by atoms with van der Waals surface area (Å²) in [5, 5.41) is 12.8. The minimum atomic E-state index is -0.880. The fourth-order valence-electron chi connectivity index (χ4n) is 4.14. The number of hydrogen-bond acceptors (Lipinski definition) is 2. The van der Waals surface area contributed by atoms with Gasteiger partial charge in [0.2, 0.25) is 0 Å². The number of anilines is 1. The quantitative estimate of drug-likeness (QED) is 0.746. The van der Waals surface area contributed by atoms with Crippen LogP contribution < -0.4 is 5.32 Å². The van der Waals surface area contributed by atoms with Crippen LogP contribution in [0.4, 0.5) is 5.69 Å². The predicted molar refractivity (Wildman–Crippen MR) is 100 cm³/mol. The summed E-state index contributed by atoms with van der Waals surface area (Å²) in [6.45, 7) is 4.46. The Morgan fingerprint density at radius 1 is 1.16 bits per heavy atom. The molecule has 3 heteroatoms. The summed E-state index contributed by atoms with van der Waals surface area (Å²) < 4.78 is 0. The first kappa shape index (κ1) is 15.9. The van der Waals surface area contributed by atoms with E-state index in [0.717, 1.165) is 12.0 Å². The van der Waals surface area contributed by atoms with E-state index >= 15 is 0 Å². The highest BCUT2D eigenvalue weighted by molar-refractivity contribution is 5.87. The third-order valence-corrected chi connectivity index (χ3v) is 5.57. The lowest BCUT2D eigenvalue weighted by atomic mass is 9.76. The Kier molecular flexibility index (Phi) is 3.87. The SMILES string of the molecule is CC(C)c1ccc2c(c1)[C@@H]1C=CC[C@@H]1[C@H](c1ccc(C(=O)O)cc1)N2. The van der Waals surface area contributed by atoms with Crippen LogP contribution in [-0.2, 0) is 0 Å². The molecule has 0 saturated carbocycles. The molecule has 25 heavy (non-hydrogen) atoms. The van der Waals surface area contributed by atoms with Crippen molar-refractivity contribution in [2.24, 2.45) is 5.92 Å². The van der Waals surface area contributed by atoms with Gasteiger partial charge in [0.25, 0.3) is 0 Å². The molecule has 2 N–H and O–H groups in total. The fourth-order valence-corrected chi connectivity index (χ4v) is 4.14. The maximum absolute atomic E-state index is 11.1. The molecule has 128 valence electrons. The van der Waals surface area contributed by atoms with Crippen molar-refractivity contribution < 1.29 is 9.90 Å². The summed E-state index contributed by atoms with van der Waals surface area (Å²) in [5.74, 6) is 0.551. The van der Waals surface area contributed by atoms with Crippen LogP contribution in [0.25, 0.3) is 0 Å². The van der Waals surface area contributed by atoms with E-state index in [1.54, 1.807) is 12.1 Å². The van der Waals surface area contributed by atoms with Crippen LogP contribution in [0.5, 0.6) is 0 Å². The van der Waals surface area contributed by atoms with Crippen LogP contribution in [0.1, 0.15) is 65.2 Å². The molecule has 1 aliphatic carbocycles. The molecule has 0 saturated heterocycles. The molecule has 0 unspecified atom stereocenters. The lowest BCUT2D eigenvalue weighted by Crippen LogP contribution is -2.29. The van der Waals surface area contributed by atoms with Crippen molar-refractivity contribution in [3.05, 3.63) is 76.9 Å². The number of carboxylic acid groups (broad SMARTS) is 1. The van der Waals surface area contributed by atoms with Gasteiger partial charge in [-0.2, -0.15) is 0 Å². The average Bonchev–Trinajstić information content (AvgIpc) is 3.10. The summed E-state index contributed by atoms with van der Waals surface area (Å²) in [7, 11) is 0. The third-order valence-electron chi connectivity index (χ3n) is 5.57. The fraction of sp³-hybridized carbons (Fsp3) is 0.318. The number of carbonyl (C=O) groups is 1. The zero-order valence-electron chi connectivity index (χ0n) is 14.6. The van der Waals surface area contributed by atoms with E-state index in [2.05, 4.69) is 49.5 Å². The molecule has 4 rings (SSSR count). The number of fused-ring (bicyclic) bond motifs is 3. The van der Waals surface area contributed by atoms with Gasteiger partial charge in [0, 0.05) is 11.6 Å². The maximum atomic E-state index is 11.1. The van der Waals surface area contributed by atoms with Gasteiger partial charge in [-0.15, -0.1) is 0 Å². The molecule has 3 nitrogen and oxygen atoms in total. The highest BCUT2D eigenvalue weighted by Gasteiger charge is 2.37. The Morgan fingerprint density at radius 2 is 1.92 bits per heavy atom. The van der Waals surface area contributed by atoms with E-state index in [0.29, 0.717) is 23.3 Å². The van der Waals surface area contributed by atoms with Gasteiger partial charge < -0.3 is 10.4 Å². The first-order chi connectivity index (χ1) is 12.0. The van der Waals surface area contributed by atoms with E-state index in [1.165, 1.54) is 16.8 Å². The Bertz CT molecular complexity index is 836. The zero-order chi connectivity index (χ0) is 17.6. The van der Waals surface area contributed by atoms with Crippen molar-refractivity contribution in [1.29, 1.82) is 0 Å². The molecule has 0 spiro atoms. The van der Waals surface area contributed by atoms with Gasteiger partial charge in [-0.3, -0.25) is 0 Å². The molecular weight excluding hydrogens is 310 g/mol. The minimum absolute atomic E-state index is 0.209. The van der Waals surface area contributed by atoms with Crippen molar-refractivity contribution in [2.45, 2.75) is 38.1 Å². The van der Waals surface area contributed by atoms with Crippen LogP contribution >= 0.6 is 0 Å². The second-order valence-corrected chi connectivity index (χ2v) is 7.40. The van der Waals surface area contributed by atoms with Gasteiger partial charge >= 0.3 is 5.97 Å². The summed E-state index contributed by atoms with van der Waals surface area (Å²) >= 11 is 0. The molecule has 0 amide bonds. The molecule has 0 radical (unpaired) electrons. The molecule has 2 aromatic rings. The summed E-state index contributed by atoms with van der Waals surface area (Å²) in [6, 6.07) is 14.3. The molecule has 1 heterocycles. The number of nitrogens with one attached hydrogen (secondary N) is 1. The summed E-state index contributed by atoms with van der Waals surface area (Å²) in [4.78, 5) is 11.1. The van der Waals surface area contributed by atoms with E-state index in [9.17, 15) is 4.79 Å². The normalized spacial score (nSPS) is 23.9. The Labute approximate surface area is 148 Å². The lowest BCUT2D eigenvalue weighted by Gasteiger charge is -2.38. The number of allylic oxidation sites excluding steroid dienone is 2. The van der Waals surface area contributed by atoms with Crippen molar-refractivity contribution in [1.82, 2.24) is 0 Å². The Morgan fingerprint density at radius 3 is 2.60 bits per heavy atom. The van der Waals surface area contributed by atoms with Gasteiger partial charge in [0.15, 0.2) is 0 Å². The highest BCUT2D eigenvalue weighted by Crippen LogP contribution is 2.50. The summed E-state index contributed by atoms with van der Waals surface area (Å²) in [6.07, 6.45) is 5.67. The second kappa shape index (κ2) is 6.07. The number of benzene rings is 2. The monoisotopic (exact) mass is 333 g/mol. The van der Waals surface area contributed by atoms with Gasteiger partial charge in [-0.05, 0) is 53.1 Å². The number of aromatic carboxylic acids is 1. The van der Waals surface area contributed by atoms with E-state index < -0.39 is 5.97 Å². The number of carboxylic acids is 1. The molecule has 0 aromatic heterocycles. The maximum Gasteiger partial charge on any atom is 0.335 e. The molecule has 3 atom stereocenters. The largest absolute Gasteiger partial charge is 0.478 e. The lowest BCUT2D eigenvalue weighted by molar-refractivity contribution is 0.0697. The van der Waals surface area contributed by atoms with Gasteiger partial charge in [-0.25, -0.2) is 4.79 Å². The highest BCUT2D eigenvalue weighted by atomic mass is 16.4. The van der Waals surface area contributed by atoms with Crippen LogP contribution in [0, 0.1) is 5.92 Å². The van der Waals surface area contributed by atoms with E-state index in [1.807, 2.05) is 12.1 Å². The van der Waals surface area contributed by atoms with E-state index in [-0.39, 0.29) is 6.04 Å². The number of rotatable bonds is 3. The van der Waals surface area contributed by atoms with Crippen LogP contribution in [0.15, 0.2) is 54.6 Å². The predicted octanol–water partition coefficient (Wildman–Crippen LogP) is 5.33. The topological polar surface area (TPSA) is 49.3 Å². The van der Waals surface area contributed by atoms with Crippen molar-refractivity contribution in [3.8, 4) is 0 Å². The smallest absolute Gasteiger partial charge is 0.335 e. The average molecular weight is 333 g/mol. The molecular formula is C22H23NO2. The first-order valence-corrected chi connectivity index (χ1v) is 8.95. The van der Waals surface area contributed by atoms with Gasteiger partial charge in [0.05, 0.1) is 11.6 Å². The molecule has 2 aromatic carbocycles. The van der Waals surface area contributed by atoms with Crippen LogP contribution in [0.3, 0.4) is 0 Å². The standard InChI is InChI=1S/C22H23NO2/c1-13(2)16-10-11-20-19(12-16)17-4-3-5-18(17)21(23-20)14-6-8-15(9-7-14)22(24)25/h3-4,6-13,17-18,21,23H,5H2,1-2H3,(H,24,25)/t17-,18+,21+/m1/s1.